The molecule has 6 heteroatoms. The van der Waals surface area contributed by atoms with Crippen LogP contribution in [0.25, 0.3) is 0 Å². The lowest BCUT2D eigenvalue weighted by Gasteiger charge is -2.18. The van der Waals surface area contributed by atoms with Gasteiger partial charge in [0.05, 0.1) is 0 Å². The van der Waals surface area contributed by atoms with Crippen molar-refractivity contribution in [2.75, 3.05) is 13.2 Å². The van der Waals surface area contributed by atoms with Gasteiger partial charge in [-0.05, 0) is 116 Å². The minimum atomic E-state index is -0.787. The van der Waals surface area contributed by atoms with Crippen LogP contribution < -0.4 is 0 Å². The number of hydrogen-bond acceptors (Lipinski definition) is 6. The fourth-order valence-corrected chi connectivity index (χ4v) is 10.0. The summed E-state index contributed by atoms with van der Waals surface area (Å²) in [5.74, 6) is -0.888. The SMILES string of the molecule is CC/C=C\C/C=C\C/C=C\C/C=C\CCCCCCCCCCCCCCCCCCCCCCC(=O)OCC(COC(=O)CCCCCCC/C=C\C/C=C\CCCC)OC(=O)CCCCCCCCC/C=C\C/C=C\CCCCC. The van der Waals surface area contributed by atoms with Crippen molar-refractivity contribution in [2.45, 2.75) is 354 Å². The highest BCUT2D eigenvalue weighted by molar-refractivity contribution is 5.71. The Hall–Kier alpha value is -3.67. The van der Waals surface area contributed by atoms with Crippen LogP contribution in [0.2, 0.25) is 0 Å². The van der Waals surface area contributed by atoms with Gasteiger partial charge in [-0.15, -0.1) is 0 Å². The monoisotopic (exact) mass is 1140 g/mol. The Morgan fingerprint density at radius 2 is 0.488 bits per heavy atom. The van der Waals surface area contributed by atoms with Gasteiger partial charge < -0.3 is 14.2 Å². The summed E-state index contributed by atoms with van der Waals surface area (Å²) in [4.78, 5) is 38.4. The summed E-state index contributed by atoms with van der Waals surface area (Å²) in [5, 5.41) is 0. The lowest BCUT2D eigenvalue weighted by Crippen LogP contribution is -2.30. The van der Waals surface area contributed by atoms with Crippen molar-refractivity contribution in [1.29, 1.82) is 0 Å². The Labute approximate surface area is 508 Å². The number of carbonyl (C=O) groups is 3. The molecule has 0 bridgehead atoms. The van der Waals surface area contributed by atoms with Crippen LogP contribution in [-0.2, 0) is 28.6 Å². The molecule has 0 fully saturated rings. The minimum absolute atomic E-state index is 0.0817. The molecule has 0 N–H and O–H groups in total. The van der Waals surface area contributed by atoms with Gasteiger partial charge >= 0.3 is 17.9 Å². The second-order valence-electron chi connectivity index (χ2n) is 23.4. The van der Waals surface area contributed by atoms with Crippen LogP contribution in [0.15, 0.2) is 97.2 Å². The van der Waals surface area contributed by atoms with Crippen LogP contribution >= 0.6 is 0 Å². The molecule has 82 heavy (non-hydrogen) atoms. The topological polar surface area (TPSA) is 78.9 Å². The van der Waals surface area contributed by atoms with E-state index in [1.807, 2.05) is 0 Å². The molecule has 0 aromatic carbocycles. The summed E-state index contributed by atoms with van der Waals surface area (Å²) in [6.45, 7) is 6.48. The van der Waals surface area contributed by atoms with Crippen LogP contribution in [0.4, 0.5) is 0 Å². The molecule has 0 aliphatic carbocycles. The molecule has 0 aromatic rings. The summed E-state index contributed by atoms with van der Waals surface area (Å²) < 4.78 is 17.0. The van der Waals surface area contributed by atoms with Crippen molar-refractivity contribution < 1.29 is 28.6 Å². The van der Waals surface area contributed by atoms with Gasteiger partial charge in [-0.1, -0.05) is 311 Å². The molecule has 1 atom stereocenters. The molecule has 0 aliphatic heterocycles. The smallest absolute Gasteiger partial charge is 0.306 e. The molecular weight excluding hydrogens is 1010 g/mol. The number of allylic oxidation sites excluding steroid dienone is 16. The van der Waals surface area contributed by atoms with Gasteiger partial charge in [-0.25, -0.2) is 0 Å². The molecule has 0 radical (unpaired) electrons. The average molecular weight is 1140 g/mol. The molecule has 0 heterocycles. The lowest BCUT2D eigenvalue weighted by molar-refractivity contribution is -0.167. The van der Waals surface area contributed by atoms with E-state index in [0.29, 0.717) is 19.3 Å². The van der Waals surface area contributed by atoms with Gasteiger partial charge in [-0.3, -0.25) is 14.4 Å². The molecule has 0 saturated carbocycles. The van der Waals surface area contributed by atoms with Crippen molar-refractivity contribution in [3.05, 3.63) is 97.2 Å². The van der Waals surface area contributed by atoms with Crippen molar-refractivity contribution >= 4 is 17.9 Å². The molecule has 0 amide bonds. The molecule has 0 saturated heterocycles. The molecule has 0 spiro atoms. The normalized spacial score (nSPS) is 12.7. The Balaban J connectivity index is 4.18. The minimum Gasteiger partial charge on any atom is -0.462 e. The van der Waals surface area contributed by atoms with E-state index >= 15 is 0 Å². The van der Waals surface area contributed by atoms with Crippen molar-refractivity contribution in [1.82, 2.24) is 0 Å². The van der Waals surface area contributed by atoms with E-state index in [1.165, 1.54) is 193 Å². The molecule has 0 aliphatic rings. The Morgan fingerprint density at radius 1 is 0.256 bits per heavy atom. The second-order valence-corrected chi connectivity index (χ2v) is 23.4. The highest BCUT2D eigenvalue weighted by Gasteiger charge is 2.19. The van der Waals surface area contributed by atoms with E-state index in [-0.39, 0.29) is 31.1 Å². The standard InChI is InChI=1S/C76H132O6/c1-4-7-10-13-16-19-22-25-28-30-31-32-33-34-35-36-37-38-39-40-41-42-43-44-45-47-48-51-54-57-60-63-66-69-75(78)81-72-73(71-80-74(77)68-65-62-59-56-53-50-27-24-21-18-15-12-9-6-3)82-76(79)70-67-64-61-58-55-52-49-46-29-26-23-20-17-14-11-8-5-2/h7,10,15-20,24-29,31-32,73H,4-6,8-9,11-14,21-23,30,33-72H2,1-3H3/b10-7-,18-15-,19-16-,20-17-,27-24-,28-25-,29-26-,32-31-. The number of ether oxygens (including phenoxy) is 3. The Kier molecular flexibility index (Phi) is 66.7. The first-order valence-corrected chi connectivity index (χ1v) is 35.2. The quantitative estimate of drug-likeness (QED) is 0.0261. The van der Waals surface area contributed by atoms with E-state index in [0.717, 1.165) is 116 Å². The van der Waals surface area contributed by atoms with E-state index in [9.17, 15) is 14.4 Å². The number of rotatable bonds is 64. The zero-order chi connectivity index (χ0) is 59.2. The summed E-state index contributed by atoms with van der Waals surface area (Å²) in [5.41, 5.74) is 0. The zero-order valence-electron chi connectivity index (χ0n) is 54.2. The predicted octanol–water partition coefficient (Wildman–Crippen LogP) is 24.4. The summed E-state index contributed by atoms with van der Waals surface area (Å²) in [6, 6.07) is 0. The molecule has 6 nitrogen and oxygen atoms in total. The molecule has 0 aromatic heterocycles. The number of esters is 3. The largest absolute Gasteiger partial charge is 0.462 e. The fourth-order valence-electron chi connectivity index (χ4n) is 10.0. The Morgan fingerprint density at radius 3 is 0.780 bits per heavy atom. The van der Waals surface area contributed by atoms with Gasteiger partial charge in [0.1, 0.15) is 13.2 Å². The van der Waals surface area contributed by atoms with Crippen LogP contribution in [-0.4, -0.2) is 37.2 Å². The average Bonchev–Trinajstić information content (AvgIpc) is 3.47. The second kappa shape index (κ2) is 69.8. The first kappa shape index (κ1) is 78.3. The first-order valence-electron chi connectivity index (χ1n) is 35.2. The van der Waals surface area contributed by atoms with Crippen molar-refractivity contribution in [2.24, 2.45) is 0 Å². The Bertz CT molecular complexity index is 1590. The van der Waals surface area contributed by atoms with Crippen LogP contribution in [0.1, 0.15) is 348 Å². The molecule has 1 unspecified atom stereocenters. The van der Waals surface area contributed by atoms with E-state index in [2.05, 4.69) is 118 Å². The predicted molar refractivity (Wildman–Crippen MR) is 357 cm³/mol. The van der Waals surface area contributed by atoms with Gasteiger partial charge in [0, 0.05) is 19.3 Å². The highest BCUT2D eigenvalue weighted by atomic mass is 16.6. The molecule has 0 rings (SSSR count). The summed E-state index contributed by atoms with van der Waals surface area (Å²) in [7, 11) is 0. The van der Waals surface area contributed by atoms with E-state index in [1.54, 1.807) is 0 Å². The van der Waals surface area contributed by atoms with Crippen molar-refractivity contribution in [3.63, 3.8) is 0 Å². The van der Waals surface area contributed by atoms with Crippen LogP contribution in [0.3, 0.4) is 0 Å². The number of unbranched alkanes of at least 4 members (excludes halogenated alkanes) is 37. The highest BCUT2D eigenvalue weighted by Crippen LogP contribution is 2.17. The third kappa shape index (κ3) is 67.1. The number of hydrogen-bond donors (Lipinski definition) is 0. The maximum absolute atomic E-state index is 12.9. The number of carbonyl (C=O) groups excluding carboxylic acids is 3. The van der Waals surface area contributed by atoms with Gasteiger partial charge in [0.25, 0.3) is 0 Å². The third-order valence-electron chi connectivity index (χ3n) is 15.3. The maximum atomic E-state index is 12.9. The van der Waals surface area contributed by atoms with Gasteiger partial charge in [-0.2, -0.15) is 0 Å². The van der Waals surface area contributed by atoms with E-state index < -0.39 is 6.10 Å². The van der Waals surface area contributed by atoms with Gasteiger partial charge in [0.2, 0.25) is 0 Å². The summed E-state index contributed by atoms with van der Waals surface area (Å²) in [6.07, 6.45) is 94.4. The molecule has 472 valence electrons. The lowest BCUT2D eigenvalue weighted by atomic mass is 10.0. The fraction of sp³-hybridized carbons (Fsp3) is 0.750. The van der Waals surface area contributed by atoms with E-state index in [4.69, 9.17) is 14.2 Å². The molecular formula is C76H132O6. The van der Waals surface area contributed by atoms with Gasteiger partial charge in [0.15, 0.2) is 6.10 Å². The van der Waals surface area contributed by atoms with Crippen molar-refractivity contribution in [3.8, 4) is 0 Å². The zero-order valence-corrected chi connectivity index (χ0v) is 54.2. The summed E-state index contributed by atoms with van der Waals surface area (Å²) >= 11 is 0. The third-order valence-corrected chi connectivity index (χ3v) is 15.3. The first-order chi connectivity index (χ1) is 40.5. The maximum Gasteiger partial charge on any atom is 0.306 e. The van der Waals surface area contributed by atoms with Crippen LogP contribution in [0.5, 0.6) is 0 Å². The van der Waals surface area contributed by atoms with Crippen LogP contribution in [0, 0.1) is 0 Å².